The van der Waals surface area contributed by atoms with Gasteiger partial charge < -0.3 is 29.4 Å². The predicted molar refractivity (Wildman–Crippen MR) is 168 cm³/mol. The lowest BCUT2D eigenvalue weighted by atomic mass is 9.99. The quantitative estimate of drug-likeness (QED) is 0.135. The van der Waals surface area contributed by atoms with E-state index in [-0.39, 0.29) is 28.4 Å². The van der Waals surface area contributed by atoms with Gasteiger partial charge in [-0.1, -0.05) is 30.3 Å². The van der Waals surface area contributed by atoms with Crippen LogP contribution >= 0.6 is 11.5 Å². The third-order valence-electron chi connectivity index (χ3n) is 6.95. The summed E-state index contributed by atoms with van der Waals surface area (Å²) in [5.74, 6) is -0.371. The van der Waals surface area contributed by atoms with E-state index in [2.05, 4.69) is 43.8 Å². The van der Waals surface area contributed by atoms with Gasteiger partial charge in [-0.2, -0.15) is 0 Å². The van der Waals surface area contributed by atoms with Crippen molar-refractivity contribution in [1.82, 2.24) is 29.8 Å². The summed E-state index contributed by atoms with van der Waals surface area (Å²) in [5.41, 5.74) is 2.58. The highest BCUT2D eigenvalue weighted by Crippen LogP contribution is 2.21. The molecule has 2 atom stereocenters. The second-order valence-corrected chi connectivity index (χ2v) is 12.8. The molecule has 0 aliphatic rings. The summed E-state index contributed by atoms with van der Waals surface area (Å²) in [5, 5.41) is 26.3. The maximum Gasteiger partial charge on any atom is 0.272 e. The largest absolute Gasteiger partial charge is 0.387 e. The molecule has 2 aromatic carbocycles. The maximum atomic E-state index is 12.6. The molecule has 0 fully saturated rings. The summed E-state index contributed by atoms with van der Waals surface area (Å²) in [6, 6.07) is 21.5. The first-order chi connectivity index (χ1) is 20.7. The number of nitrogens with one attached hydrogen (secondary N) is 4. The van der Waals surface area contributed by atoms with Crippen LogP contribution in [0.3, 0.4) is 0 Å². The third-order valence-corrected chi connectivity index (χ3v) is 8.75. The highest BCUT2D eigenvalue weighted by Gasteiger charge is 2.20. The van der Waals surface area contributed by atoms with Gasteiger partial charge in [0.25, 0.3) is 5.91 Å². The summed E-state index contributed by atoms with van der Waals surface area (Å²) >= 11 is 0.976. The molecule has 5 N–H and O–H groups in total. The van der Waals surface area contributed by atoms with Crippen molar-refractivity contribution in [3.8, 4) is 0 Å². The Kier molecular flexibility index (Phi) is 9.46. The van der Waals surface area contributed by atoms with Crippen molar-refractivity contribution in [2.45, 2.75) is 49.9 Å². The number of rotatable bonds is 13. The molecule has 0 radical (unpaired) electrons. The van der Waals surface area contributed by atoms with Crippen LogP contribution in [0.1, 0.15) is 48.1 Å². The van der Waals surface area contributed by atoms with Gasteiger partial charge in [-0.15, -0.1) is 10.2 Å². The molecule has 3 heterocycles. The van der Waals surface area contributed by atoms with Crippen LogP contribution in [0.25, 0.3) is 11.0 Å². The first-order valence-electron chi connectivity index (χ1n) is 13.7. The van der Waals surface area contributed by atoms with Crippen LogP contribution in [0, 0.1) is 0 Å². The molecular weight excluding hydrogens is 587 g/mol. The number of H-pyrrole nitrogens is 1. The Morgan fingerprint density at radius 2 is 1.91 bits per heavy atom. The first-order valence-corrected chi connectivity index (χ1v) is 15.7. The molecule has 0 saturated heterocycles. The molecule has 224 valence electrons. The molecule has 13 heteroatoms. The minimum atomic E-state index is -1.40. The zero-order chi connectivity index (χ0) is 30.4. The van der Waals surface area contributed by atoms with Gasteiger partial charge in [0.15, 0.2) is 11.3 Å². The molecule has 5 rings (SSSR count). The number of carbonyl (C=O) groups is 1. The third kappa shape index (κ3) is 8.02. The molecule has 0 saturated carbocycles. The Bertz CT molecular complexity index is 1780. The molecule has 0 aliphatic carbocycles. The van der Waals surface area contributed by atoms with Gasteiger partial charge in [-0.25, -0.2) is 4.21 Å². The molecule has 1 amide bonds. The lowest BCUT2D eigenvalue weighted by Gasteiger charge is -2.28. The minimum absolute atomic E-state index is 0.0985. The van der Waals surface area contributed by atoms with Crippen LogP contribution < -0.4 is 20.1 Å². The van der Waals surface area contributed by atoms with Gasteiger partial charge in [-0.3, -0.25) is 9.59 Å². The number of carbonyl (C=O) groups excluding carboxylic acids is 1. The van der Waals surface area contributed by atoms with Crippen LogP contribution in [0.4, 0.5) is 5.69 Å². The number of aryl methyl sites for hydroxylation is 1. The number of aliphatic hydroxyl groups is 1. The van der Waals surface area contributed by atoms with Crippen LogP contribution in [-0.4, -0.2) is 46.4 Å². The monoisotopic (exact) mass is 619 g/mol. The van der Waals surface area contributed by atoms with Crippen LogP contribution in [0.5, 0.6) is 0 Å². The average Bonchev–Trinajstić information content (AvgIpc) is 3.63. The van der Waals surface area contributed by atoms with Gasteiger partial charge in [0, 0.05) is 47.7 Å². The topological polar surface area (TPSA) is 154 Å². The Balaban J connectivity index is 1.13. The van der Waals surface area contributed by atoms with Gasteiger partial charge in [-0.05, 0) is 73.8 Å². The summed E-state index contributed by atoms with van der Waals surface area (Å²) in [7, 11) is -1.40. The number of amides is 1. The van der Waals surface area contributed by atoms with E-state index in [0.29, 0.717) is 40.6 Å². The van der Waals surface area contributed by atoms with E-state index in [9.17, 15) is 18.9 Å². The first kappa shape index (κ1) is 30.3. The fraction of sp³-hybridized carbons (Fsp3) is 0.267. The van der Waals surface area contributed by atoms with Crippen molar-refractivity contribution < 1.29 is 14.1 Å². The summed E-state index contributed by atoms with van der Waals surface area (Å²) < 4.78 is 20.3. The number of β-amino-alcohol motifs (C(OH)–C–C–N with tert-alkyl or cyclic N) is 1. The normalized spacial score (nSPS) is 13.1. The molecule has 2 unspecified atom stereocenters. The highest BCUT2D eigenvalue weighted by molar-refractivity contribution is 7.86. The Hall–Kier alpha value is -4.17. The molecule has 11 nitrogen and oxygen atoms in total. The van der Waals surface area contributed by atoms with E-state index >= 15 is 0 Å². The number of benzene rings is 2. The fourth-order valence-corrected chi connectivity index (χ4v) is 5.87. The standard InChI is InChI=1S/C30H33N7O4S2/c1-30(2,32-19-26(38)20-7-6-8-22(15-20)36-43(41)24-9-4-3-5-10-24)12-14-37-13-11-21-16-25(33-34-28(21)37)29(40)31-18-23-17-27(39)42-35-23/h3-11,13,15-17,26,32,35-36,38H,12,14,18-19H2,1-2H3,(H,31,40). The molecule has 0 aliphatic heterocycles. The average molecular weight is 620 g/mol. The zero-order valence-electron chi connectivity index (χ0n) is 23.7. The van der Waals surface area contributed by atoms with Crippen molar-refractivity contribution in [2.24, 2.45) is 0 Å². The van der Waals surface area contributed by atoms with E-state index in [4.69, 9.17) is 0 Å². The lowest BCUT2D eigenvalue weighted by Crippen LogP contribution is -2.42. The van der Waals surface area contributed by atoms with Crippen LogP contribution in [0.15, 0.2) is 88.7 Å². The number of hydrogen-bond donors (Lipinski definition) is 5. The molecule has 0 spiro atoms. The summed E-state index contributed by atoms with van der Waals surface area (Å²) in [6.07, 6.45) is 1.90. The van der Waals surface area contributed by atoms with Crippen molar-refractivity contribution in [3.05, 3.63) is 105 Å². The maximum absolute atomic E-state index is 12.6. The van der Waals surface area contributed by atoms with Gasteiger partial charge in [0.1, 0.15) is 11.0 Å². The SMILES string of the molecule is CC(C)(CCn1ccc2cc(C(=O)NCc3cc(=O)s[nH]3)nnc21)NCC(O)c1cccc(NS(=O)c2ccccc2)c1. The number of anilines is 1. The lowest BCUT2D eigenvalue weighted by molar-refractivity contribution is 0.0944. The van der Waals surface area contributed by atoms with Gasteiger partial charge >= 0.3 is 0 Å². The van der Waals surface area contributed by atoms with Crippen LogP contribution in [0.2, 0.25) is 0 Å². The zero-order valence-corrected chi connectivity index (χ0v) is 25.4. The van der Waals surface area contributed by atoms with Crippen molar-refractivity contribution in [3.63, 3.8) is 0 Å². The van der Waals surface area contributed by atoms with E-state index in [0.717, 1.165) is 23.3 Å². The molecule has 5 aromatic rings. The number of aliphatic hydroxyl groups excluding tert-OH is 1. The second kappa shape index (κ2) is 13.4. The highest BCUT2D eigenvalue weighted by atomic mass is 32.2. The molecular formula is C30H33N7O4S2. The van der Waals surface area contributed by atoms with E-state index in [1.165, 1.54) is 6.07 Å². The predicted octanol–water partition coefficient (Wildman–Crippen LogP) is 3.74. The number of fused-ring (bicyclic) bond motifs is 1. The molecule has 0 bridgehead atoms. The Morgan fingerprint density at radius 3 is 2.67 bits per heavy atom. The number of hydrogen-bond acceptors (Lipinski definition) is 8. The molecule has 3 aromatic heterocycles. The number of nitrogens with zero attached hydrogens (tertiary/aromatic N) is 3. The second-order valence-electron chi connectivity index (χ2n) is 10.7. The Morgan fingerprint density at radius 1 is 1.09 bits per heavy atom. The van der Waals surface area contributed by atoms with E-state index in [1.807, 2.05) is 59.3 Å². The van der Waals surface area contributed by atoms with Crippen molar-refractivity contribution in [2.75, 3.05) is 11.3 Å². The van der Waals surface area contributed by atoms with Gasteiger partial charge in [0.2, 0.25) is 4.74 Å². The van der Waals surface area contributed by atoms with Crippen molar-refractivity contribution in [1.29, 1.82) is 0 Å². The minimum Gasteiger partial charge on any atom is -0.387 e. The summed E-state index contributed by atoms with van der Waals surface area (Å²) in [4.78, 5) is 24.5. The Labute approximate surface area is 255 Å². The smallest absolute Gasteiger partial charge is 0.272 e. The fourth-order valence-electron chi connectivity index (χ4n) is 4.45. The van der Waals surface area contributed by atoms with Crippen molar-refractivity contribution >= 4 is 45.1 Å². The van der Waals surface area contributed by atoms with Crippen LogP contribution in [-0.2, 0) is 24.1 Å². The van der Waals surface area contributed by atoms with E-state index < -0.39 is 17.1 Å². The molecule has 43 heavy (non-hydrogen) atoms. The summed E-state index contributed by atoms with van der Waals surface area (Å²) in [6.45, 7) is 5.33. The van der Waals surface area contributed by atoms with E-state index in [1.54, 1.807) is 18.2 Å². The number of aromatic amines is 1. The number of aromatic nitrogens is 4. The van der Waals surface area contributed by atoms with Gasteiger partial charge in [0.05, 0.1) is 17.5 Å².